The van der Waals surface area contributed by atoms with Gasteiger partial charge in [-0.3, -0.25) is 19.4 Å². The average Bonchev–Trinajstić information content (AvgIpc) is 3.40. The maximum atomic E-state index is 12.1. The van der Waals surface area contributed by atoms with Crippen LogP contribution in [0.4, 0.5) is 0 Å². The number of rotatable bonds is 7. The van der Waals surface area contributed by atoms with Crippen LogP contribution in [0, 0.1) is 5.92 Å². The molecule has 2 aromatic heterocycles. The highest BCUT2D eigenvalue weighted by atomic mass is 16.5. The van der Waals surface area contributed by atoms with Crippen molar-refractivity contribution >= 4 is 5.91 Å². The molecule has 0 saturated heterocycles. The van der Waals surface area contributed by atoms with Crippen molar-refractivity contribution in [2.75, 3.05) is 6.61 Å². The van der Waals surface area contributed by atoms with Gasteiger partial charge in [0.1, 0.15) is 0 Å². The first-order chi connectivity index (χ1) is 12.3. The standard InChI is InChI=1S/C18H23N5O2/c24-18(21-10-14-9-19-6-7-20-14)4-3-16-15-12-25-8-5-17(15)23(22-16)11-13-1-2-13/h6-7,9,13H,1-5,8,10-12H2,(H,21,24). The first kappa shape index (κ1) is 16.2. The molecule has 1 aliphatic heterocycles. The Labute approximate surface area is 146 Å². The van der Waals surface area contributed by atoms with E-state index < -0.39 is 0 Å². The summed E-state index contributed by atoms with van der Waals surface area (Å²) in [4.78, 5) is 20.3. The second kappa shape index (κ2) is 7.31. The van der Waals surface area contributed by atoms with Crippen molar-refractivity contribution in [1.82, 2.24) is 25.1 Å². The highest BCUT2D eigenvalue weighted by Gasteiger charge is 2.27. The SMILES string of the molecule is O=C(CCc1nn(CC2CC2)c2c1COCC2)NCc1cnccn1. The number of hydrogen-bond acceptors (Lipinski definition) is 5. The van der Waals surface area contributed by atoms with E-state index in [0.29, 0.717) is 26.0 Å². The molecule has 0 bridgehead atoms. The van der Waals surface area contributed by atoms with Crippen LogP contribution in [-0.4, -0.2) is 32.3 Å². The Balaban J connectivity index is 1.35. The number of ether oxygens (including phenoxy) is 1. The predicted molar refractivity (Wildman–Crippen MR) is 90.5 cm³/mol. The van der Waals surface area contributed by atoms with Crippen molar-refractivity contribution in [3.05, 3.63) is 41.2 Å². The number of carbonyl (C=O) groups is 1. The van der Waals surface area contributed by atoms with Gasteiger partial charge in [0.15, 0.2) is 0 Å². The molecule has 4 rings (SSSR count). The van der Waals surface area contributed by atoms with Gasteiger partial charge < -0.3 is 10.1 Å². The van der Waals surface area contributed by atoms with Crippen LogP contribution in [0.15, 0.2) is 18.6 Å². The smallest absolute Gasteiger partial charge is 0.220 e. The van der Waals surface area contributed by atoms with Crippen molar-refractivity contribution in [2.24, 2.45) is 5.92 Å². The number of nitrogens with one attached hydrogen (secondary N) is 1. The van der Waals surface area contributed by atoms with E-state index in [9.17, 15) is 4.79 Å². The monoisotopic (exact) mass is 341 g/mol. The molecule has 7 nitrogen and oxygen atoms in total. The third-order valence-corrected chi connectivity index (χ3v) is 4.78. The molecule has 0 unspecified atom stereocenters. The third-order valence-electron chi connectivity index (χ3n) is 4.78. The average molecular weight is 341 g/mol. The van der Waals surface area contributed by atoms with E-state index in [1.807, 2.05) is 0 Å². The number of aromatic nitrogens is 4. The lowest BCUT2D eigenvalue weighted by Gasteiger charge is -2.15. The van der Waals surface area contributed by atoms with Crippen LogP contribution >= 0.6 is 0 Å². The number of amides is 1. The van der Waals surface area contributed by atoms with E-state index in [-0.39, 0.29) is 5.91 Å². The minimum Gasteiger partial charge on any atom is -0.376 e. The van der Waals surface area contributed by atoms with Gasteiger partial charge in [0.25, 0.3) is 0 Å². The molecule has 7 heteroatoms. The van der Waals surface area contributed by atoms with E-state index in [2.05, 4.69) is 20.0 Å². The summed E-state index contributed by atoms with van der Waals surface area (Å²) in [7, 11) is 0. The fourth-order valence-corrected chi connectivity index (χ4v) is 3.21. The molecule has 2 aromatic rings. The summed E-state index contributed by atoms with van der Waals surface area (Å²) < 4.78 is 7.78. The van der Waals surface area contributed by atoms with Gasteiger partial charge >= 0.3 is 0 Å². The van der Waals surface area contributed by atoms with Crippen LogP contribution in [0.3, 0.4) is 0 Å². The van der Waals surface area contributed by atoms with Gasteiger partial charge in [0.2, 0.25) is 5.91 Å². The lowest BCUT2D eigenvalue weighted by Crippen LogP contribution is -2.23. The van der Waals surface area contributed by atoms with E-state index >= 15 is 0 Å². The lowest BCUT2D eigenvalue weighted by atomic mass is 10.1. The van der Waals surface area contributed by atoms with Crippen molar-refractivity contribution < 1.29 is 9.53 Å². The molecule has 1 fully saturated rings. The Morgan fingerprint density at radius 1 is 1.36 bits per heavy atom. The highest BCUT2D eigenvalue weighted by molar-refractivity contribution is 5.76. The normalized spacial score (nSPS) is 16.5. The molecule has 1 amide bonds. The quantitative estimate of drug-likeness (QED) is 0.823. The number of nitrogens with zero attached hydrogens (tertiary/aromatic N) is 4. The summed E-state index contributed by atoms with van der Waals surface area (Å²) in [5.74, 6) is 0.794. The Morgan fingerprint density at radius 2 is 2.28 bits per heavy atom. The molecule has 25 heavy (non-hydrogen) atoms. The van der Waals surface area contributed by atoms with Crippen LogP contribution in [-0.2, 0) is 42.1 Å². The molecular formula is C18H23N5O2. The van der Waals surface area contributed by atoms with Crippen molar-refractivity contribution in [3.63, 3.8) is 0 Å². The summed E-state index contributed by atoms with van der Waals surface area (Å²) in [6.07, 6.45) is 9.52. The van der Waals surface area contributed by atoms with Crippen LogP contribution in [0.5, 0.6) is 0 Å². The molecule has 1 saturated carbocycles. The molecule has 3 heterocycles. The van der Waals surface area contributed by atoms with E-state index in [1.165, 1.54) is 24.1 Å². The summed E-state index contributed by atoms with van der Waals surface area (Å²) in [6, 6.07) is 0. The number of aryl methyl sites for hydroxylation is 1. The van der Waals surface area contributed by atoms with Gasteiger partial charge in [-0.15, -0.1) is 0 Å². The van der Waals surface area contributed by atoms with Gasteiger partial charge in [0.05, 0.1) is 37.3 Å². The first-order valence-corrected chi connectivity index (χ1v) is 8.96. The second-order valence-electron chi connectivity index (χ2n) is 6.77. The van der Waals surface area contributed by atoms with Gasteiger partial charge in [0, 0.05) is 49.5 Å². The minimum absolute atomic E-state index is 0.00729. The zero-order valence-electron chi connectivity index (χ0n) is 14.3. The van der Waals surface area contributed by atoms with Crippen LogP contribution in [0.2, 0.25) is 0 Å². The zero-order valence-corrected chi connectivity index (χ0v) is 14.3. The van der Waals surface area contributed by atoms with Gasteiger partial charge in [-0.05, 0) is 18.8 Å². The molecule has 0 radical (unpaired) electrons. The maximum absolute atomic E-state index is 12.1. The number of hydrogen-bond donors (Lipinski definition) is 1. The van der Waals surface area contributed by atoms with E-state index in [4.69, 9.17) is 9.84 Å². The Bertz CT molecular complexity index is 739. The van der Waals surface area contributed by atoms with Crippen molar-refractivity contribution in [2.45, 2.75) is 51.8 Å². The van der Waals surface area contributed by atoms with E-state index in [1.54, 1.807) is 18.6 Å². The molecule has 132 valence electrons. The van der Waals surface area contributed by atoms with Crippen LogP contribution in [0.25, 0.3) is 0 Å². The fraction of sp³-hybridized carbons (Fsp3) is 0.556. The predicted octanol–water partition coefficient (Wildman–Crippen LogP) is 1.40. The van der Waals surface area contributed by atoms with Crippen LogP contribution in [0.1, 0.15) is 41.9 Å². The Kier molecular flexibility index (Phi) is 4.74. The summed E-state index contributed by atoms with van der Waals surface area (Å²) >= 11 is 0. The zero-order chi connectivity index (χ0) is 17.1. The van der Waals surface area contributed by atoms with Gasteiger partial charge in [-0.2, -0.15) is 5.10 Å². The molecule has 0 spiro atoms. The largest absolute Gasteiger partial charge is 0.376 e. The van der Waals surface area contributed by atoms with Crippen molar-refractivity contribution in [1.29, 1.82) is 0 Å². The molecule has 1 N–H and O–H groups in total. The molecule has 1 aliphatic carbocycles. The highest BCUT2D eigenvalue weighted by Crippen LogP contribution is 2.32. The third kappa shape index (κ3) is 4.04. The topological polar surface area (TPSA) is 81.9 Å². The first-order valence-electron chi connectivity index (χ1n) is 8.96. The number of carbonyl (C=O) groups excluding carboxylic acids is 1. The van der Waals surface area contributed by atoms with Gasteiger partial charge in [-0.1, -0.05) is 0 Å². The molecular weight excluding hydrogens is 318 g/mol. The molecule has 2 aliphatic rings. The minimum atomic E-state index is 0.00729. The Morgan fingerprint density at radius 3 is 3.08 bits per heavy atom. The van der Waals surface area contributed by atoms with Crippen molar-refractivity contribution in [3.8, 4) is 0 Å². The summed E-state index contributed by atoms with van der Waals surface area (Å²) in [6.45, 7) is 2.81. The molecule has 0 atom stereocenters. The van der Waals surface area contributed by atoms with Crippen LogP contribution < -0.4 is 5.32 Å². The Hall–Kier alpha value is -2.28. The summed E-state index contributed by atoms with van der Waals surface area (Å²) in [5.41, 5.74) is 4.29. The lowest BCUT2D eigenvalue weighted by molar-refractivity contribution is -0.121. The summed E-state index contributed by atoms with van der Waals surface area (Å²) in [5, 5.41) is 7.69. The van der Waals surface area contributed by atoms with Gasteiger partial charge in [-0.25, -0.2) is 0 Å². The maximum Gasteiger partial charge on any atom is 0.220 e. The van der Waals surface area contributed by atoms with E-state index in [0.717, 1.165) is 36.9 Å². The number of fused-ring (bicyclic) bond motifs is 1. The molecule has 0 aromatic carbocycles. The second-order valence-corrected chi connectivity index (χ2v) is 6.77. The fourth-order valence-electron chi connectivity index (χ4n) is 3.21.